The average molecular weight is 756 g/mol. The van der Waals surface area contributed by atoms with Crippen molar-refractivity contribution >= 4 is 66.7 Å². The normalized spacial score (nSPS) is 13.8. The minimum absolute atomic E-state index is 0.671. The first kappa shape index (κ1) is 33.5. The van der Waals surface area contributed by atoms with E-state index in [0.29, 0.717) is 11.6 Å². The minimum atomic E-state index is 0.671. The van der Waals surface area contributed by atoms with Crippen LogP contribution in [0.3, 0.4) is 0 Å². The van der Waals surface area contributed by atoms with Gasteiger partial charge < -0.3 is 8.97 Å². The second-order valence-corrected chi connectivity index (χ2v) is 15.5. The molecule has 0 unspecified atom stereocenters. The van der Waals surface area contributed by atoms with Gasteiger partial charge in [0.15, 0.2) is 17.5 Å². The van der Waals surface area contributed by atoms with Crippen LogP contribution in [0.5, 0.6) is 0 Å². The molecule has 2 aliphatic rings. The predicted molar refractivity (Wildman–Crippen MR) is 245 cm³/mol. The number of nitrogens with zero attached hydrogens (tertiary/aromatic N) is 5. The highest BCUT2D eigenvalue weighted by molar-refractivity contribution is 6.15. The molecule has 0 amide bonds. The molecule has 10 aromatic rings. The Morgan fingerprint density at radius 2 is 1.15 bits per heavy atom. The minimum Gasteiger partial charge on any atom is -0.309 e. The van der Waals surface area contributed by atoms with Crippen LogP contribution >= 0.6 is 0 Å². The van der Waals surface area contributed by atoms with Gasteiger partial charge in [0.2, 0.25) is 0 Å². The van der Waals surface area contributed by atoms with E-state index < -0.39 is 0 Å². The van der Waals surface area contributed by atoms with E-state index in [2.05, 4.69) is 179 Å². The standard InChI is InChI=1S/C54H37N5/c1-4-16-35(17-5-1)52-55-53(36-18-6-2-7-19-36)57-54(56-52)39-22-14-20-37(30-39)38-21-15-23-41(31-38)58-47-29-13-12-27-45(47)46-32-40-33-50-44-26-11-10-24-42(44)43-25-8-3-9-28-48(43)59(50)49(40)34-51(46)58/h1-6,9-18,20-34H,7-8,19H2. The van der Waals surface area contributed by atoms with Crippen LogP contribution in [-0.2, 0) is 0 Å². The summed E-state index contributed by atoms with van der Waals surface area (Å²) >= 11 is 0. The van der Waals surface area contributed by atoms with Gasteiger partial charge in [0, 0.05) is 43.6 Å². The van der Waals surface area contributed by atoms with Gasteiger partial charge in [-0.15, -0.1) is 0 Å². The molecule has 6 aromatic carbocycles. The van der Waals surface area contributed by atoms with E-state index in [9.17, 15) is 0 Å². The summed E-state index contributed by atoms with van der Waals surface area (Å²) < 4.78 is 4.91. The highest BCUT2D eigenvalue weighted by Crippen LogP contribution is 2.37. The third kappa shape index (κ3) is 5.50. The number of rotatable bonds is 5. The molecule has 4 aromatic heterocycles. The lowest BCUT2D eigenvalue weighted by molar-refractivity contribution is 0.978. The van der Waals surface area contributed by atoms with Crippen molar-refractivity contribution in [1.29, 1.82) is 0 Å². The van der Waals surface area contributed by atoms with Crippen molar-refractivity contribution in [3.63, 3.8) is 0 Å². The molecule has 0 N–H and O–H groups in total. The van der Waals surface area contributed by atoms with E-state index >= 15 is 0 Å². The third-order valence-corrected chi connectivity index (χ3v) is 12.0. The van der Waals surface area contributed by atoms with Gasteiger partial charge >= 0.3 is 0 Å². The Morgan fingerprint density at radius 1 is 0.458 bits per heavy atom. The molecule has 2 aliphatic carbocycles. The number of benzene rings is 6. The lowest BCUT2D eigenvalue weighted by atomic mass is 10.0. The fourth-order valence-corrected chi connectivity index (χ4v) is 9.23. The van der Waals surface area contributed by atoms with Gasteiger partial charge in [-0.2, -0.15) is 0 Å². The topological polar surface area (TPSA) is 48.0 Å². The zero-order chi connectivity index (χ0) is 38.9. The van der Waals surface area contributed by atoms with Gasteiger partial charge in [-0.3, -0.25) is 0 Å². The van der Waals surface area contributed by atoms with Crippen molar-refractivity contribution < 1.29 is 0 Å². The van der Waals surface area contributed by atoms with Crippen LogP contribution in [0.25, 0.3) is 106 Å². The third-order valence-electron chi connectivity index (χ3n) is 12.0. The van der Waals surface area contributed by atoms with Crippen LogP contribution < -0.4 is 10.6 Å². The molecule has 0 spiro atoms. The van der Waals surface area contributed by atoms with Crippen LogP contribution in [0, 0.1) is 0 Å². The van der Waals surface area contributed by atoms with Crippen molar-refractivity contribution in [3.8, 4) is 39.6 Å². The molecule has 0 radical (unpaired) electrons. The van der Waals surface area contributed by atoms with Crippen LogP contribution in [0.1, 0.15) is 25.1 Å². The molecule has 278 valence electrons. The monoisotopic (exact) mass is 755 g/mol. The maximum atomic E-state index is 5.07. The van der Waals surface area contributed by atoms with Gasteiger partial charge in [0.25, 0.3) is 0 Å². The number of pyridine rings is 1. The summed E-state index contributed by atoms with van der Waals surface area (Å²) in [4.78, 5) is 15.1. The van der Waals surface area contributed by atoms with Gasteiger partial charge in [-0.25, -0.2) is 15.0 Å². The summed E-state index contributed by atoms with van der Waals surface area (Å²) in [6, 6.07) is 52.5. The van der Waals surface area contributed by atoms with Gasteiger partial charge in [-0.1, -0.05) is 140 Å². The Balaban J connectivity index is 1.03. The highest BCUT2D eigenvalue weighted by Gasteiger charge is 2.19. The maximum absolute atomic E-state index is 5.07. The van der Waals surface area contributed by atoms with E-state index in [-0.39, 0.29) is 0 Å². The van der Waals surface area contributed by atoms with Crippen LogP contribution in [0.15, 0.2) is 176 Å². The summed E-state index contributed by atoms with van der Waals surface area (Å²) in [6.07, 6.45) is 18.3. The van der Waals surface area contributed by atoms with Crippen LogP contribution in [-0.4, -0.2) is 23.9 Å². The zero-order valence-corrected chi connectivity index (χ0v) is 32.3. The second-order valence-electron chi connectivity index (χ2n) is 15.5. The molecule has 0 aliphatic heterocycles. The molecule has 0 atom stereocenters. The van der Waals surface area contributed by atoms with Crippen LogP contribution in [0.2, 0.25) is 0 Å². The summed E-state index contributed by atoms with van der Waals surface area (Å²) in [6.45, 7) is 0. The van der Waals surface area contributed by atoms with E-state index in [4.69, 9.17) is 15.0 Å². The second kappa shape index (κ2) is 13.5. The predicted octanol–water partition coefficient (Wildman–Crippen LogP) is 11.8. The lowest BCUT2D eigenvalue weighted by Gasteiger charge is -2.13. The summed E-state index contributed by atoms with van der Waals surface area (Å²) in [5, 5.41) is 8.80. The number of para-hydroxylation sites is 1. The smallest absolute Gasteiger partial charge is 0.164 e. The van der Waals surface area contributed by atoms with E-state index in [1.54, 1.807) is 0 Å². The Kier molecular flexibility index (Phi) is 7.67. The number of fused-ring (bicyclic) bond motifs is 11. The quantitative estimate of drug-likeness (QED) is 0.176. The van der Waals surface area contributed by atoms with Crippen molar-refractivity contribution in [2.24, 2.45) is 0 Å². The van der Waals surface area contributed by atoms with Crippen LogP contribution in [0.4, 0.5) is 0 Å². The lowest BCUT2D eigenvalue weighted by Crippen LogP contribution is -2.31. The first-order valence-corrected chi connectivity index (χ1v) is 20.4. The molecule has 0 fully saturated rings. The molecule has 5 nitrogen and oxygen atoms in total. The first-order valence-electron chi connectivity index (χ1n) is 20.4. The molecule has 5 heteroatoms. The molecule has 0 bridgehead atoms. The van der Waals surface area contributed by atoms with Gasteiger partial charge in [0.1, 0.15) is 0 Å². The molecule has 0 saturated carbocycles. The highest BCUT2D eigenvalue weighted by atomic mass is 15.0. The summed E-state index contributed by atoms with van der Waals surface area (Å²) in [7, 11) is 0. The van der Waals surface area contributed by atoms with E-state index in [1.165, 1.54) is 59.6 Å². The fraction of sp³-hybridized carbons (Fsp3) is 0.0556. The first-order chi connectivity index (χ1) is 29.2. The Morgan fingerprint density at radius 3 is 2.00 bits per heavy atom. The summed E-state index contributed by atoms with van der Waals surface area (Å²) in [5.74, 6) is 2.09. The van der Waals surface area contributed by atoms with Crippen molar-refractivity contribution in [2.45, 2.75) is 19.3 Å². The number of hydrogen-bond donors (Lipinski definition) is 0. The van der Waals surface area contributed by atoms with Crippen molar-refractivity contribution in [2.75, 3.05) is 0 Å². The number of allylic oxidation sites excluding steroid dienone is 6. The molecule has 4 heterocycles. The summed E-state index contributed by atoms with van der Waals surface area (Å²) in [5.41, 5.74) is 11.2. The number of hydrogen-bond acceptors (Lipinski definition) is 3. The largest absolute Gasteiger partial charge is 0.309 e. The molecule has 0 saturated heterocycles. The van der Waals surface area contributed by atoms with Gasteiger partial charge in [-0.05, 0) is 89.9 Å². The fourth-order valence-electron chi connectivity index (χ4n) is 9.23. The Hall–Kier alpha value is -7.63. The average Bonchev–Trinajstić information content (AvgIpc) is 3.72. The molecule has 59 heavy (non-hydrogen) atoms. The Labute approximate surface area is 340 Å². The molecular formula is C54H37N5. The van der Waals surface area contributed by atoms with Gasteiger partial charge in [0.05, 0.1) is 27.4 Å². The number of aromatic nitrogens is 5. The van der Waals surface area contributed by atoms with E-state index in [0.717, 1.165) is 58.6 Å². The molecule has 12 rings (SSSR count). The van der Waals surface area contributed by atoms with Crippen molar-refractivity contribution in [1.82, 2.24) is 23.9 Å². The van der Waals surface area contributed by atoms with E-state index in [1.807, 2.05) is 18.2 Å². The Bertz CT molecular complexity index is 3580. The van der Waals surface area contributed by atoms with Crippen molar-refractivity contribution in [3.05, 3.63) is 192 Å². The molecular weight excluding hydrogens is 719 g/mol. The maximum Gasteiger partial charge on any atom is 0.164 e. The SMILES string of the molecule is C1=CCC=c2c(n3c4cc5c(cc4cc3c3ccccc23)c2ccccc2n5-c2cccc(-c3cccc(-c4nc(C5=CC=CCC5)nc(-c5ccccc5)n4)c3)c2)=C1. The zero-order valence-electron chi connectivity index (χ0n) is 32.3.